The van der Waals surface area contributed by atoms with Crippen LogP contribution in [-0.4, -0.2) is 4.98 Å². The van der Waals surface area contributed by atoms with Crippen molar-refractivity contribution < 1.29 is 0 Å². The van der Waals surface area contributed by atoms with Crippen molar-refractivity contribution in [1.29, 1.82) is 0 Å². The molecule has 13 aromatic rings. The van der Waals surface area contributed by atoms with Crippen molar-refractivity contribution in [2.75, 3.05) is 0 Å². The van der Waals surface area contributed by atoms with Crippen molar-refractivity contribution in [3.63, 3.8) is 0 Å². The lowest BCUT2D eigenvalue weighted by Crippen LogP contribution is -1.81. The van der Waals surface area contributed by atoms with Crippen LogP contribution in [-0.2, 0) is 0 Å². The molecule has 13 rings (SSSR count). The van der Waals surface area contributed by atoms with Gasteiger partial charge in [0.05, 0.1) is 0 Å². The molecule has 0 unspecified atom stereocenters. The summed E-state index contributed by atoms with van der Waals surface area (Å²) in [7, 11) is 0. The fraction of sp³-hybridized carbons (Fsp3) is 0. The normalized spacial score (nSPS) is 11.8. The Bertz CT molecular complexity index is 3620. The Morgan fingerprint density at radius 1 is 0.222 bits per heavy atom. The molecule has 0 saturated heterocycles. The summed E-state index contributed by atoms with van der Waals surface area (Å²) in [6.45, 7) is 0. The number of nitrogens with one attached hydrogen (secondary N) is 1. The molecule has 0 amide bonds. The highest BCUT2D eigenvalue weighted by Crippen LogP contribution is 2.47. The average molecular weight is 836 g/mol. The molecule has 3 heteroatoms. The van der Waals surface area contributed by atoms with Crippen molar-refractivity contribution in [3.8, 4) is 66.8 Å². The number of rotatable bonds is 6. The summed E-state index contributed by atoms with van der Waals surface area (Å²) in [5.41, 5.74) is 17.3. The standard InChI is InChI=1S/C60H37NS2/c1-3-11-37(12-4-1)39-23-27-41(28-24-39)45-15-7-19-49-51-21-9-17-47(59(51)62-57(45)49)43-31-33-55-53(35-43)54-36-44(32-34-56(54)61-55)48-18-10-22-52-50-20-8-16-46(58(50)63-60(48)52)42-29-25-40(26-30-42)38-13-5-2-6-14-38/h1-36,61H. The zero-order valence-corrected chi connectivity index (χ0v) is 35.7. The lowest BCUT2D eigenvalue weighted by molar-refractivity contribution is 1.54. The van der Waals surface area contributed by atoms with Crippen LogP contribution in [0.4, 0.5) is 0 Å². The molecule has 0 fully saturated rings. The average Bonchev–Trinajstić information content (AvgIpc) is 4.06. The summed E-state index contributed by atoms with van der Waals surface area (Å²) in [6, 6.07) is 80.3. The van der Waals surface area contributed by atoms with E-state index in [2.05, 4.69) is 223 Å². The van der Waals surface area contributed by atoms with Crippen molar-refractivity contribution in [1.82, 2.24) is 4.98 Å². The van der Waals surface area contributed by atoms with Gasteiger partial charge in [-0.2, -0.15) is 0 Å². The first-order valence-electron chi connectivity index (χ1n) is 21.5. The summed E-state index contributed by atoms with van der Waals surface area (Å²) < 4.78 is 5.30. The zero-order valence-electron chi connectivity index (χ0n) is 34.1. The highest BCUT2D eigenvalue weighted by Gasteiger charge is 2.18. The van der Waals surface area contributed by atoms with E-state index in [-0.39, 0.29) is 0 Å². The number of hydrogen-bond acceptors (Lipinski definition) is 2. The lowest BCUT2D eigenvalue weighted by Gasteiger charge is -2.06. The van der Waals surface area contributed by atoms with Gasteiger partial charge in [-0.3, -0.25) is 0 Å². The SMILES string of the molecule is c1ccc(-c2ccc(-c3cccc4c3sc3c(-c5ccc6[nH]c7ccc(-c8cccc9c8sc8c(-c%10ccc(-c%11ccccc%11)cc%10)cccc89)cc7c6c5)cccc34)cc2)cc1. The molecule has 0 aliphatic heterocycles. The molecule has 0 bridgehead atoms. The molecule has 3 aromatic heterocycles. The third-order valence-electron chi connectivity index (χ3n) is 12.9. The summed E-state index contributed by atoms with van der Waals surface area (Å²) in [5.74, 6) is 0. The van der Waals surface area contributed by atoms with Crippen LogP contribution in [0.25, 0.3) is 129 Å². The minimum Gasteiger partial charge on any atom is -0.355 e. The fourth-order valence-electron chi connectivity index (χ4n) is 9.73. The Labute approximate surface area is 372 Å². The van der Waals surface area contributed by atoms with Gasteiger partial charge in [-0.25, -0.2) is 0 Å². The Morgan fingerprint density at radius 2 is 0.524 bits per heavy atom. The fourth-order valence-corrected chi connectivity index (χ4v) is 12.5. The number of thiophene rings is 2. The molecule has 0 spiro atoms. The first kappa shape index (κ1) is 36.1. The number of aromatic nitrogens is 1. The number of aromatic amines is 1. The van der Waals surface area contributed by atoms with Crippen LogP contribution in [0.15, 0.2) is 218 Å². The second-order valence-electron chi connectivity index (χ2n) is 16.5. The van der Waals surface area contributed by atoms with Crippen LogP contribution < -0.4 is 0 Å². The molecule has 0 radical (unpaired) electrons. The number of fused-ring (bicyclic) bond motifs is 9. The van der Waals surface area contributed by atoms with Crippen LogP contribution in [0.5, 0.6) is 0 Å². The van der Waals surface area contributed by atoms with Gasteiger partial charge in [0.25, 0.3) is 0 Å². The highest BCUT2D eigenvalue weighted by molar-refractivity contribution is 7.27. The predicted molar refractivity (Wildman–Crippen MR) is 274 cm³/mol. The minimum atomic E-state index is 1.15. The smallest absolute Gasteiger partial charge is 0.0465 e. The van der Waals surface area contributed by atoms with Crippen LogP contribution in [0.3, 0.4) is 0 Å². The van der Waals surface area contributed by atoms with Crippen molar-refractivity contribution in [3.05, 3.63) is 218 Å². The zero-order chi connectivity index (χ0) is 41.4. The molecule has 1 nitrogen and oxygen atoms in total. The summed E-state index contributed by atoms with van der Waals surface area (Å²) >= 11 is 3.82. The Balaban J connectivity index is 0.892. The largest absolute Gasteiger partial charge is 0.355 e. The topological polar surface area (TPSA) is 15.8 Å². The molecule has 1 N–H and O–H groups in total. The summed E-state index contributed by atoms with van der Waals surface area (Å²) in [5, 5.41) is 7.71. The van der Waals surface area contributed by atoms with Crippen molar-refractivity contribution in [2.24, 2.45) is 0 Å². The molecule has 0 aliphatic carbocycles. The number of benzene rings is 10. The van der Waals surface area contributed by atoms with E-state index in [1.807, 2.05) is 22.7 Å². The van der Waals surface area contributed by atoms with Crippen molar-refractivity contribution >= 4 is 84.8 Å². The first-order valence-corrected chi connectivity index (χ1v) is 23.1. The van der Waals surface area contributed by atoms with Gasteiger partial charge in [0.15, 0.2) is 0 Å². The Hall–Kier alpha value is -7.56. The lowest BCUT2D eigenvalue weighted by atomic mass is 9.97. The number of H-pyrrole nitrogens is 1. The maximum Gasteiger partial charge on any atom is 0.0465 e. The van der Waals surface area contributed by atoms with E-state index in [9.17, 15) is 0 Å². The van der Waals surface area contributed by atoms with Gasteiger partial charge < -0.3 is 4.98 Å². The highest BCUT2D eigenvalue weighted by atomic mass is 32.1. The van der Waals surface area contributed by atoms with E-state index < -0.39 is 0 Å². The molecule has 10 aromatic carbocycles. The Kier molecular flexibility index (Phi) is 8.33. The van der Waals surface area contributed by atoms with Gasteiger partial charge in [-0.15, -0.1) is 22.7 Å². The van der Waals surface area contributed by atoms with Crippen molar-refractivity contribution in [2.45, 2.75) is 0 Å². The maximum atomic E-state index is 3.74. The van der Waals surface area contributed by atoms with Crippen LogP contribution >= 0.6 is 22.7 Å². The molecular weight excluding hydrogens is 799 g/mol. The van der Waals surface area contributed by atoms with Gasteiger partial charge in [0.1, 0.15) is 0 Å². The quantitative estimate of drug-likeness (QED) is 0.172. The number of hydrogen-bond donors (Lipinski definition) is 1. The molecular formula is C60H37NS2. The second-order valence-corrected chi connectivity index (χ2v) is 18.5. The van der Waals surface area contributed by atoms with Crippen LogP contribution in [0, 0.1) is 0 Å². The minimum absolute atomic E-state index is 1.15. The first-order chi connectivity index (χ1) is 31.2. The summed E-state index contributed by atoms with van der Waals surface area (Å²) in [6.07, 6.45) is 0. The van der Waals surface area contributed by atoms with Gasteiger partial charge in [0, 0.05) is 62.2 Å². The van der Waals surface area contributed by atoms with Crippen LogP contribution in [0.2, 0.25) is 0 Å². The molecule has 0 atom stereocenters. The third-order valence-corrected chi connectivity index (χ3v) is 15.5. The molecule has 3 heterocycles. The molecule has 63 heavy (non-hydrogen) atoms. The second kappa shape index (κ2) is 14.5. The van der Waals surface area contributed by atoms with E-state index >= 15 is 0 Å². The van der Waals surface area contributed by atoms with Crippen LogP contribution in [0.1, 0.15) is 0 Å². The molecule has 0 saturated carbocycles. The maximum absolute atomic E-state index is 3.74. The monoisotopic (exact) mass is 835 g/mol. The van der Waals surface area contributed by atoms with E-state index in [0.717, 1.165) is 11.0 Å². The third kappa shape index (κ3) is 5.96. The van der Waals surface area contributed by atoms with E-state index in [1.54, 1.807) is 0 Å². The van der Waals surface area contributed by atoms with Gasteiger partial charge in [-0.05, 0) is 91.0 Å². The van der Waals surface area contributed by atoms with E-state index in [4.69, 9.17) is 0 Å². The molecule has 0 aliphatic rings. The van der Waals surface area contributed by atoms with Gasteiger partial charge in [-0.1, -0.05) is 194 Å². The molecule has 294 valence electrons. The summed E-state index contributed by atoms with van der Waals surface area (Å²) in [4.78, 5) is 3.74. The van der Waals surface area contributed by atoms with E-state index in [0.29, 0.717) is 0 Å². The Morgan fingerprint density at radius 3 is 0.889 bits per heavy atom. The predicted octanol–water partition coefficient (Wildman–Crippen LogP) is 18.1. The van der Waals surface area contributed by atoms with E-state index in [1.165, 1.54) is 118 Å². The van der Waals surface area contributed by atoms with Gasteiger partial charge >= 0.3 is 0 Å². The van der Waals surface area contributed by atoms with Gasteiger partial charge in [0.2, 0.25) is 0 Å².